The summed E-state index contributed by atoms with van der Waals surface area (Å²) in [5.74, 6) is -0.498. The Balaban J connectivity index is 2.75. The summed E-state index contributed by atoms with van der Waals surface area (Å²) in [4.78, 5) is 13.1. The van der Waals surface area contributed by atoms with E-state index in [1.807, 2.05) is 0 Å². The third-order valence-electron chi connectivity index (χ3n) is 2.93. The number of carbonyl (C=O) groups is 1. The summed E-state index contributed by atoms with van der Waals surface area (Å²) >= 11 is 0. The van der Waals surface area contributed by atoms with Crippen LogP contribution >= 0.6 is 0 Å². The number of hydrogen-bond acceptors (Lipinski definition) is 3. The van der Waals surface area contributed by atoms with Crippen molar-refractivity contribution in [2.75, 3.05) is 27.3 Å². The minimum atomic E-state index is -4.50. The predicted molar refractivity (Wildman–Crippen MR) is 70.7 cm³/mol. The van der Waals surface area contributed by atoms with Crippen molar-refractivity contribution in [1.29, 1.82) is 0 Å². The molecule has 0 spiro atoms. The van der Waals surface area contributed by atoms with Crippen LogP contribution in [0.3, 0.4) is 0 Å². The Morgan fingerprint density at radius 1 is 1.38 bits per heavy atom. The maximum atomic E-state index is 12.8. The molecule has 0 radical (unpaired) electrons. The molecule has 0 aromatic heterocycles. The van der Waals surface area contributed by atoms with Crippen LogP contribution in [0.4, 0.5) is 13.2 Å². The zero-order valence-corrected chi connectivity index (χ0v) is 11.9. The van der Waals surface area contributed by atoms with Gasteiger partial charge in [-0.2, -0.15) is 13.2 Å². The van der Waals surface area contributed by atoms with E-state index in [4.69, 9.17) is 4.74 Å². The minimum Gasteiger partial charge on any atom is -0.389 e. The summed E-state index contributed by atoms with van der Waals surface area (Å²) in [5, 5.41) is 9.52. The Morgan fingerprint density at radius 2 is 2.00 bits per heavy atom. The third-order valence-corrected chi connectivity index (χ3v) is 2.93. The second-order valence-electron chi connectivity index (χ2n) is 4.72. The van der Waals surface area contributed by atoms with Gasteiger partial charge in [0.15, 0.2) is 0 Å². The lowest BCUT2D eigenvalue weighted by atomic mass is 10.0. The minimum absolute atomic E-state index is 0.000851. The molecule has 0 bridgehead atoms. The van der Waals surface area contributed by atoms with Gasteiger partial charge in [0.2, 0.25) is 5.91 Å². The summed E-state index contributed by atoms with van der Waals surface area (Å²) in [7, 11) is 2.84. The number of rotatable bonds is 6. The zero-order valence-electron chi connectivity index (χ0n) is 11.9. The number of methoxy groups -OCH3 is 1. The van der Waals surface area contributed by atoms with Gasteiger partial charge >= 0.3 is 6.18 Å². The first-order chi connectivity index (χ1) is 9.75. The highest BCUT2D eigenvalue weighted by atomic mass is 19.4. The molecule has 1 unspecified atom stereocenters. The number of nitrogens with zero attached hydrogens (tertiary/aromatic N) is 1. The first-order valence-corrected chi connectivity index (χ1v) is 6.31. The standard InChI is InChI=1S/C14H18F3NO3/c1-18(8-11(19)9-21-2)13(20)7-10-5-3-4-6-12(10)14(15,16)17/h3-6,11,19H,7-9H2,1-2H3. The molecule has 0 fully saturated rings. The van der Waals surface area contributed by atoms with Crippen LogP contribution in [0.1, 0.15) is 11.1 Å². The van der Waals surface area contributed by atoms with Crippen molar-refractivity contribution in [3.05, 3.63) is 35.4 Å². The van der Waals surface area contributed by atoms with Gasteiger partial charge in [-0.05, 0) is 11.6 Å². The fourth-order valence-corrected chi connectivity index (χ4v) is 1.91. The molecule has 0 saturated carbocycles. The molecule has 1 amide bonds. The molecule has 0 aliphatic rings. The van der Waals surface area contributed by atoms with Crippen molar-refractivity contribution >= 4 is 5.91 Å². The molecule has 1 aromatic carbocycles. The third kappa shape index (κ3) is 5.35. The van der Waals surface area contributed by atoms with Crippen LogP contribution in [0.25, 0.3) is 0 Å². The van der Waals surface area contributed by atoms with Crippen molar-refractivity contribution in [2.45, 2.75) is 18.7 Å². The second-order valence-corrected chi connectivity index (χ2v) is 4.72. The Labute approximate surface area is 121 Å². The van der Waals surface area contributed by atoms with Gasteiger partial charge in [0, 0.05) is 20.7 Å². The molecule has 118 valence electrons. The molecule has 0 heterocycles. The van der Waals surface area contributed by atoms with E-state index >= 15 is 0 Å². The maximum absolute atomic E-state index is 12.8. The highest BCUT2D eigenvalue weighted by Crippen LogP contribution is 2.32. The molecule has 1 aromatic rings. The van der Waals surface area contributed by atoms with Gasteiger partial charge in [0.25, 0.3) is 0 Å². The van der Waals surface area contributed by atoms with Crippen LogP contribution in [-0.4, -0.2) is 49.3 Å². The van der Waals surface area contributed by atoms with Gasteiger partial charge in [0.05, 0.1) is 24.7 Å². The van der Waals surface area contributed by atoms with Crippen LogP contribution < -0.4 is 0 Å². The van der Waals surface area contributed by atoms with Crippen LogP contribution in [0, 0.1) is 0 Å². The van der Waals surface area contributed by atoms with Crippen molar-refractivity contribution in [1.82, 2.24) is 4.90 Å². The Bertz CT molecular complexity index is 477. The molecule has 7 heteroatoms. The average Bonchev–Trinajstić information content (AvgIpc) is 2.38. The van der Waals surface area contributed by atoms with Crippen molar-refractivity contribution < 1.29 is 27.8 Å². The van der Waals surface area contributed by atoms with Crippen molar-refractivity contribution in [2.24, 2.45) is 0 Å². The largest absolute Gasteiger partial charge is 0.416 e. The number of likely N-dealkylation sites (N-methyl/N-ethyl adjacent to an activating group) is 1. The summed E-state index contributed by atoms with van der Waals surface area (Å²) < 4.78 is 43.2. The lowest BCUT2D eigenvalue weighted by Crippen LogP contribution is -2.37. The number of hydrogen-bond donors (Lipinski definition) is 1. The number of alkyl halides is 3. The number of aliphatic hydroxyl groups is 1. The van der Waals surface area contributed by atoms with Crippen molar-refractivity contribution in [3.8, 4) is 0 Å². The number of ether oxygens (including phenoxy) is 1. The fourth-order valence-electron chi connectivity index (χ4n) is 1.91. The number of halogens is 3. The normalized spacial score (nSPS) is 13.0. The summed E-state index contributed by atoms with van der Waals surface area (Å²) in [6, 6.07) is 4.96. The van der Waals surface area contributed by atoms with E-state index in [-0.39, 0.29) is 25.1 Å². The first kappa shape index (κ1) is 17.5. The Morgan fingerprint density at radius 3 is 2.57 bits per heavy atom. The van der Waals surface area contributed by atoms with E-state index in [0.717, 1.165) is 6.07 Å². The molecule has 1 N–H and O–H groups in total. The molecule has 1 rings (SSSR count). The van der Waals surface area contributed by atoms with Gasteiger partial charge in [0.1, 0.15) is 0 Å². The number of benzene rings is 1. The van der Waals surface area contributed by atoms with E-state index in [2.05, 4.69) is 0 Å². The smallest absolute Gasteiger partial charge is 0.389 e. The number of aliphatic hydroxyl groups excluding tert-OH is 1. The van der Waals surface area contributed by atoms with Crippen LogP contribution in [-0.2, 0) is 22.1 Å². The van der Waals surface area contributed by atoms with Gasteiger partial charge in [-0.3, -0.25) is 4.79 Å². The average molecular weight is 305 g/mol. The van der Waals surface area contributed by atoms with E-state index in [9.17, 15) is 23.1 Å². The summed E-state index contributed by atoms with van der Waals surface area (Å²) in [6.07, 6.45) is -5.74. The molecule has 0 aliphatic carbocycles. The lowest BCUT2D eigenvalue weighted by Gasteiger charge is -2.21. The van der Waals surface area contributed by atoms with Crippen molar-refractivity contribution in [3.63, 3.8) is 0 Å². The lowest BCUT2D eigenvalue weighted by molar-refractivity contribution is -0.138. The van der Waals surface area contributed by atoms with Crippen LogP contribution in [0.15, 0.2) is 24.3 Å². The van der Waals surface area contributed by atoms with Gasteiger partial charge in [-0.25, -0.2) is 0 Å². The zero-order chi connectivity index (χ0) is 16.0. The monoisotopic (exact) mass is 305 g/mol. The maximum Gasteiger partial charge on any atom is 0.416 e. The predicted octanol–water partition coefficient (Wildman–Crippen LogP) is 1.71. The first-order valence-electron chi connectivity index (χ1n) is 6.31. The molecule has 4 nitrogen and oxygen atoms in total. The molecular weight excluding hydrogens is 287 g/mol. The molecule has 0 saturated heterocycles. The van der Waals surface area contributed by atoms with Gasteiger partial charge in [-0.1, -0.05) is 18.2 Å². The number of amides is 1. The quantitative estimate of drug-likeness (QED) is 0.870. The molecule has 0 aliphatic heterocycles. The van der Waals surface area contributed by atoms with Gasteiger partial charge in [-0.15, -0.1) is 0 Å². The Hall–Kier alpha value is -1.60. The molecule has 1 atom stereocenters. The van der Waals surface area contributed by atoms with E-state index in [1.165, 1.54) is 37.3 Å². The van der Waals surface area contributed by atoms with E-state index < -0.39 is 23.8 Å². The SMILES string of the molecule is COCC(O)CN(C)C(=O)Cc1ccccc1C(F)(F)F. The Kier molecular flexibility index (Phi) is 6.17. The highest BCUT2D eigenvalue weighted by molar-refractivity contribution is 5.79. The molecule has 21 heavy (non-hydrogen) atoms. The van der Waals surface area contributed by atoms with E-state index in [1.54, 1.807) is 0 Å². The topological polar surface area (TPSA) is 49.8 Å². The van der Waals surface area contributed by atoms with Gasteiger partial charge < -0.3 is 14.7 Å². The van der Waals surface area contributed by atoms with E-state index in [0.29, 0.717) is 0 Å². The summed E-state index contributed by atoms with van der Waals surface area (Å²) in [5.41, 5.74) is -0.896. The van der Waals surface area contributed by atoms with Crippen LogP contribution in [0.5, 0.6) is 0 Å². The number of carbonyl (C=O) groups excluding carboxylic acids is 1. The molecular formula is C14H18F3NO3. The summed E-state index contributed by atoms with van der Waals surface area (Å²) in [6.45, 7) is 0.0532. The second kappa shape index (κ2) is 7.42. The fraction of sp³-hybridized carbons (Fsp3) is 0.500. The highest BCUT2D eigenvalue weighted by Gasteiger charge is 2.33. The van der Waals surface area contributed by atoms with Crippen LogP contribution in [0.2, 0.25) is 0 Å².